The molecule has 2 unspecified atom stereocenters. The molecule has 1 aromatic rings. The van der Waals surface area contributed by atoms with E-state index in [9.17, 15) is 0 Å². The fourth-order valence-corrected chi connectivity index (χ4v) is 2.11. The molecule has 0 aliphatic rings. The van der Waals surface area contributed by atoms with Crippen molar-refractivity contribution in [3.63, 3.8) is 0 Å². The molecule has 2 atom stereocenters. The van der Waals surface area contributed by atoms with Crippen LogP contribution >= 0.6 is 0 Å². The Bertz CT molecular complexity index is 301. The lowest BCUT2D eigenvalue weighted by atomic mass is 9.80. The molecule has 0 radical (unpaired) electrons. The first-order valence-electron chi connectivity index (χ1n) is 6.06. The summed E-state index contributed by atoms with van der Waals surface area (Å²) in [6, 6.07) is 8.75. The fraction of sp³-hybridized carbons (Fsp3) is 0.571. The standard InChI is InChI=1S/C14H24N2/c1-10-4-6-13(7-5-10)11(2)12(3)14(8-15)9-16/h4-7,11-12,14H,8-9,15-16H2,1-3H3. The Balaban J connectivity index is 2.76. The molecular weight excluding hydrogens is 196 g/mol. The van der Waals surface area contributed by atoms with E-state index in [1.165, 1.54) is 11.1 Å². The Morgan fingerprint density at radius 3 is 1.94 bits per heavy atom. The molecule has 16 heavy (non-hydrogen) atoms. The van der Waals surface area contributed by atoms with Crippen molar-refractivity contribution in [2.24, 2.45) is 23.3 Å². The Hall–Kier alpha value is -0.860. The van der Waals surface area contributed by atoms with Crippen LogP contribution < -0.4 is 11.5 Å². The summed E-state index contributed by atoms with van der Waals surface area (Å²) in [6.07, 6.45) is 0. The monoisotopic (exact) mass is 220 g/mol. The first kappa shape index (κ1) is 13.2. The van der Waals surface area contributed by atoms with Crippen molar-refractivity contribution in [2.45, 2.75) is 26.7 Å². The molecule has 0 amide bonds. The summed E-state index contributed by atoms with van der Waals surface area (Å²) in [5, 5.41) is 0. The maximum atomic E-state index is 5.74. The first-order chi connectivity index (χ1) is 7.60. The predicted octanol–water partition coefficient (Wildman–Crippen LogP) is 2.27. The summed E-state index contributed by atoms with van der Waals surface area (Å²) in [7, 11) is 0. The Morgan fingerprint density at radius 1 is 1.00 bits per heavy atom. The fourth-order valence-electron chi connectivity index (χ4n) is 2.11. The summed E-state index contributed by atoms with van der Waals surface area (Å²) >= 11 is 0. The zero-order chi connectivity index (χ0) is 12.1. The van der Waals surface area contributed by atoms with E-state index in [0.717, 1.165) is 0 Å². The molecule has 4 N–H and O–H groups in total. The van der Waals surface area contributed by atoms with Gasteiger partial charge in [0.25, 0.3) is 0 Å². The Kier molecular flexibility index (Phi) is 4.97. The van der Waals surface area contributed by atoms with E-state index >= 15 is 0 Å². The van der Waals surface area contributed by atoms with Gasteiger partial charge in [-0.25, -0.2) is 0 Å². The minimum atomic E-state index is 0.413. The van der Waals surface area contributed by atoms with Gasteiger partial charge in [-0.15, -0.1) is 0 Å². The molecule has 2 heteroatoms. The predicted molar refractivity (Wildman–Crippen MR) is 70.4 cm³/mol. The number of hydrogen-bond acceptors (Lipinski definition) is 2. The van der Waals surface area contributed by atoms with Crippen LogP contribution in [0.5, 0.6) is 0 Å². The Labute approximate surface area is 99.0 Å². The normalized spacial score (nSPS) is 15.1. The van der Waals surface area contributed by atoms with Crippen LogP contribution in [0.15, 0.2) is 24.3 Å². The van der Waals surface area contributed by atoms with Gasteiger partial charge in [-0.3, -0.25) is 0 Å². The molecule has 90 valence electrons. The lowest BCUT2D eigenvalue weighted by Gasteiger charge is -2.27. The van der Waals surface area contributed by atoms with Gasteiger partial charge in [0.15, 0.2) is 0 Å². The minimum absolute atomic E-state index is 0.413. The molecule has 0 fully saturated rings. The van der Waals surface area contributed by atoms with E-state index in [1.54, 1.807) is 0 Å². The largest absolute Gasteiger partial charge is 0.330 e. The SMILES string of the molecule is Cc1ccc(C(C)C(C)C(CN)CN)cc1. The third-order valence-electron chi connectivity index (χ3n) is 3.74. The molecule has 0 spiro atoms. The quantitative estimate of drug-likeness (QED) is 0.799. The van der Waals surface area contributed by atoms with Gasteiger partial charge in [0, 0.05) is 0 Å². The van der Waals surface area contributed by atoms with Gasteiger partial charge in [-0.05, 0) is 43.3 Å². The highest BCUT2D eigenvalue weighted by Crippen LogP contribution is 2.29. The van der Waals surface area contributed by atoms with Crippen LogP contribution in [0.4, 0.5) is 0 Å². The van der Waals surface area contributed by atoms with Crippen molar-refractivity contribution in [3.05, 3.63) is 35.4 Å². The number of nitrogens with two attached hydrogens (primary N) is 2. The van der Waals surface area contributed by atoms with E-state index in [0.29, 0.717) is 30.8 Å². The van der Waals surface area contributed by atoms with E-state index < -0.39 is 0 Å². The second-order valence-electron chi connectivity index (χ2n) is 4.79. The van der Waals surface area contributed by atoms with Gasteiger partial charge in [0.05, 0.1) is 0 Å². The summed E-state index contributed by atoms with van der Waals surface area (Å²) < 4.78 is 0. The highest BCUT2D eigenvalue weighted by atomic mass is 14.6. The summed E-state index contributed by atoms with van der Waals surface area (Å²) in [5.74, 6) is 1.45. The van der Waals surface area contributed by atoms with Crippen LogP contribution in [0.25, 0.3) is 0 Å². The lowest BCUT2D eigenvalue weighted by molar-refractivity contribution is 0.328. The van der Waals surface area contributed by atoms with Crippen molar-refractivity contribution in [1.82, 2.24) is 0 Å². The van der Waals surface area contributed by atoms with E-state index in [1.807, 2.05) is 0 Å². The highest BCUT2D eigenvalue weighted by Gasteiger charge is 2.21. The molecule has 2 nitrogen and oxygen atoms in total. The molecule has 0 aliphatic carbocycles. The maximum absolute atomic E-state index is 5.74. The van der Waals surface area contributed by atoms with E-state index in [4.69, 9.17) is 11.5 Å². The van der Waals surface area contributed by atoms with Crippen LogP contribution in [0.1, 0.15) is 30.9 Å². The Morgan fingerprint density at radius 2 is 1.50 bits per heavy atom. The van der Waals surface area contributed by atoms with Gasteiger partial charge < -0.3 is 11.5 Å². The molecule has 1 rings (SSSR count). The van der Waals surface area contributed by atoms with Gasteiger partial charge >= 0.3 is 0 Å². The zero-order valence-electron chi connectivity index (χ0n) is 10.6. The number of rotatable bonds is 5. The zero-order valence-corrected chi connectivity index (χ0v) is 10.6. The van der Waals surface area contributed by atoms with E-state index in [-0.39, 0.29) is 0 Å². The van der Waals surface area contributed by atoms with Crippen LogP contribution in [0, 0.1) is 18.8 Å². The maximum Gasteiger partial charge on any atom is -0.00340 e. The first-order valence-corrected chi connectivity index (χ1v) is 6.06. The second kappa shape index (κ2) is 6.02. The molecule has 0 saturated carbocycles. The van der Waals surface area contributed by atoms with Crippen molar-refractivity contribution < 1.29 is 0 Å². The molecule has 1 aromatic carbocycles. The van der Waals surface area contributed by atoms with Gasteiger partial charge in [-0.1, -0.05) is 43.7 Å². The summed E-state index contributed by atoms with van der Waals surface area (Å²) in [5.41, 5.74) is 14.2. The van der Waals surface area contributed by atoms with Crippen LogP contribution in [0.3, 0.4) is 0 Å². The average molecular weight is 220 g/mol. The van der Waals surface area contributed by atoms with Gasteiger partial charge in [0.1, 0.15) is 0 Å². The smallest absolute Gasteiger partial charge is 0.00340 e. The topological polar surface area (TPSA) is 52.0 Å². The van der Waals surface area contributed by atoms with Crippen molar-refractivity contribution in [1.29, 1.82) is 0 Å². The van der Waals surface area contributed by atoms with Crippen LogP contribution in [-0.4, -0.2) is 13.1 Å². The molecule has 0 aliphatic heterocycles. The summed E-state index contributed by atoms with van der Waals surface area (Å²) in [4.78, 5) is 0. The third kappa shape index (κ3) is 3.06. The van der Waals surface area contributed by atoms with Crippen molar-refractivity contribution >= 4 is 0 Å². The van der Waals surface area contributed by atoms with Crippen LogP contribution in [0.2, 0.25) is 0 Å². The van der Waals surface area contributed by atoms with Crippen molar-refractivity contribution in [2.75, 3.05) is 13.1 Å². The van der Waals surface area contributed by atoms with Gasteiger partial charge in [0.2, 0.25) is 0 Å². The lowest BCUT2D eigenvalue weighted by Crippen LogP contribution is -2.31. The number of benzene rings is 1. The molecule has 0 saturated heterocycles. The van der Waals surface area contributed by atoms with Gasteiger partial charge in [-0.2, -0.15) is 0 Å². The minimum Gasteiger partial charge on any atom is -0.330 e. The highest BCUT2D eigenvalue weighted by molar-refractivity contribution is 5.24. The number of aryl methyl sites for hydroxylation is 1. The average Bonchev–Trinajstić information content (AvgIpc) is 2.30. The third-order valence-corrected chi connectivity index (χ3v) is 3.74. The molecule has 0 aromatic heterocycles. The summed E-state index contributed by atoms with van der Waals surface area (Å²) in [6.45, 7) is 7.96. The molecule has 0 bridgehead atoms. The van der Waals surface area contributed by atoms with E-state index in [2.05, 4.69) is 45.0 Å². The molecular formula is C14H24N2. The number of hydrogen-bond donors (Lipinski definition) is 2. The van der Waals surface area contributed by atoms with Crippen LogP contribution in [-0.2, 0) is 0 Å². The second-order valence-corrected chi connectivity index (χ2v) is 4.79. The van der Waals surface area contributed by atoms with Crippen molar-refractivity contribution in [3.8, 4) is 0 Å². The molecule has 0 heterocycles.